The van der Waals surface area contributed by atoms with Crippen LogP contribution in [0, 0.1) is 0 Å². The maximum atomic E-state index is 12.6. The fourth-order valence-corrected chi connectivity index (χ4v) is 2.68. The van der Waals surface area contributed by atoms with Gasteiger partial charge in [0.2, 0.25) is 23.6 Å². The number of benzene rings is 1. The van der Waals surface area contributed by atoms with Crippen LogP contribution in [0.1, 0.15) is 19.4 Å². The molecule has 0 spiro atoms. The van der Waals surface area contributed by atoms with E-state index >= 15 is 0 Å². The Hall–Kier alpha value is -3.36. The maximum Gasteiger partial charge on any atom is 0.243 e. The van der Waals surface area contributed by atoms with Gasteiger partial charge in [-0.25, -0.2) is 0 Å². The van der Waals surface area contributed by atoms with Crippen LogP contribution in [0.25, 0.3) is 10.9 Å². The fraction of sp³-hybridized carbons (Fsp3) is 0.333. The molecule has 0 saturated carbocycles. The Kier molecular flexibility index (Phi) is 6.53. The first-order valence-corrected chi connectivity index (χ1v) is 8.46. The third-order valence-electron chi connectivity index (χ3n) is 3.98. The number of rotatable bonds is 8. The van der Waals surface area contributed by atoms with Crippen LogP contribution in [-0.4, -0.2) is 47.2 Å². The van der Waals surface area contributed by atoms with Gasteiger partial charge >= 0.3 is 0 Å². The SMILES string of the molecule is CC(=O)N[C@@H](Cc1c[nH]c2ccccc12)C(=O)N[C@@H](C)C(=O)NCC(N)=O. The van der Waals surface area contributed by atoms with Crippen molar-refractivity contribution in [3.05, 3.63) is 36.0 Å². The molecular formula is C18H23N5O4. The van der Waals surface area contributed by atoms with E-state index in [9.17, 15) is 19.2 Å². The second-order valence-corrected chi connectivity index (χ2v) is 6.23. The summed E-state index contributed by atoms with van der Waals surface area (Å²) in [6, 6.07) is 5.87. The summed E-state index contributed by atoms with van der Waals surface area (Å²) in [5, 5.41) is 8.42. The number of para-hydroxylation sites is 1. The van der Waals surface area contributed by atoms with E-state index in [1.807, 2.05) is 24.3 Å². The van der Waals surface area contributed by atoms with Crippen LogP contribution in [0.15, 0.2) is 30.5 Å². The number of amides is 4. The Morgan fingerprint density at radius 2 is 1.81 bits per heavy atom. The summed E-state index contributed by atoms with van der Waals surface area (Å²) in [5.41, 5.74) is 6.77. The average molecular weight is 373 g/mol. The summed E-state index contributed by atoms with van der Waals surface area (Å²) in [4.78, 5) is 49.9. The van der Waals surface area contributed by atoms with Crippen molar-refractivity contribution in [3.63, 3.8) is 0 Å². The zero-order valence-electron chi connectivity index (χ0n) is 15.2. The number of carbonyl (C=O) groups excluding carboxylic acids is 4. The lowest BCUT2D eigenvalue weighted by Crippen LogP contribution is -2.53. The number of nitrogens with one attached hydrogen (secondary N) is 4. The molecule has 1 aromatic heterocycles. The van der Waals surface area contributed by atoms with Crippen LogP contribution in [-0.2, 0) is 25.6 Å². The van der Waals surface area contributed by atoms with E-state index in [-0.39, 0.29) is 18.9 Å². The molecule has 27 heavy (non-hydrogen) atoms. The van der Waals surface area contributed by atoms with Crippen LogP contribution in [0.4, 0.5) is 0 Å². The van der Waals surface area contributed by atoms with Gasteiger partial charge in [0.25, 0.3) is 0 Å². The molecular weight excluding hydrogens is 350 g/mol. The Morgan fingerprint density at radius 1 is 1.11 bits per heavy atom. The summed E-state index contributed by atoms with van der Waals surface area (Å²) in [6.07, 6.45) is 2.04. The van der Waals surface area contributed by atoms with Crippen molar-refractivity contribution in [2.75, 3.05) is 6.54 Å². The molecule has 0 bridgehead atoms. The lowest BCUT2D eigenvalue weighted by Gasteiger charge is -2.20. The number of H-pyrrole nitrogens is 1. The van der Waals surface area contributed by atoms with Crippen LogP contribution in [0.2, 0.25) is 0 Å². The van der Waals surface area contributed by atoms with E-state index in [2.05, 4.69) is 20.9 Å². The highest BCUT2D eigenvalue weighted by molar-refractivity contribution is 5.93. The minimum atomic E-state index is -0.893. The summed E-state index contributed by atoms with van der Waals surface area (Å²) in [7, 11) is 0. The average Bonchev–Trinajstić information content (AvgIpc) is 3.01. The van der Waals surface area contributed by atoms with Crippen molar-refractivity contribution in [3.8, 4) is 0 Å². The van der Waals surface area contributed by atoms with Crippen molar-refractivity contribution in [1.29, 1.82) is 0 Å². The topological polar surface area (TPSA) is 146 Å². The molecule has 0 saturated heterocycles. The van der Waals surface area contributed by atoms with Gasteiger partial charge in [-0.2, -0.15) is 0 Å². The number of primary amides is 1. The fourth-order valence-electron chi connectivity index (χ4n) is 2.68. The molecule has 2 aromatic rings. The third-order valence-corrected chi connectivity index (χ3v) is 3.98. The Balaban J connectivity index is 2.08. The van der Waals surface area contributed by atoms with E-state index in [1.165, 1.54) is 13.8 Å². The van der Waals surface area contributed by atoms with Crippen LogP contribution >= 0.6 is 0 Å². The molecule has 0 fully saturated rings. The first-order chi connectivity index (χ1) is 12.8. The number of hydrogen-bond donors (Lipinski definition) is 5. The number of carbonyl (C=O) groups is 4. The Bertz CT molecular complexity index is 860. The van der Waals surface area contributed by atoms with Gasteiger partial charge in [-0.05, 0) is 18.6 Å². The van der Waals surface area contributed by atoms with Gasteiger partial charge in [0, 0.05) is 30.4 Å². The van der Waals surface area contributed by atoms with Crippen LogP contribution in [0.5, 0.6) is 0 Å². The molecule has 6 N–H and O–H groups in total. The van der Waals surface area contributed by atoms with Gasteiger partial charge < -0.3 is 26.7 Å². The number of aromatic amines is 1. The number of fused-ring (bicyclic) bond motifs is 1. The predicted octanol–water partition coefficient (Wildman–Crippen LogP) is -0.679. The second kappa shape index (κ2) is 8.84. The lowest BCUT2D eigenvalue weighted by atomic mass is 10.0. The smallest absolute Gasteiger partial charge is 0.243 e. The molecule has 4 amide bonds. The van der Waals surface area contributed by atoms with Gasteiger partial charge in [-0.3, -0.25) is 19.2 Å². The quantitative estimate of drug-likeness (QED) is 0.417. The van der Waals surface area contributed by atoms with E-state index in [0.29, 0.717) is 0 Å². The highest BCUT2D eigenvalue weighted by atomic mass is 16.2. The van der Waals surface area contributed by atoms with E-state index < -0.39 is 29.8 Å². The van der Waals surface area contributed by atoms with Crippen molar-refractivity contribution >= 4 is 34.5 Å². The van der Waals surface area contributed by atoms with Gasteiger partial charge in [-0.1, -0.05) is 18.2 Å². The molecule has 0 unspecified atom stereocenters. The van der Waals surface area contributed by atoms with E-state index in [0.717, 1.165) is 16.5 Å². The Labute approximate surface area is 156 Å². The molecule has 2 rings (SSSR count). The first kappa shape index (κ1) is 20.0. The Morgan fingerprint density at radius 3 is 2.48 bits per heavy atom. The van der Waals surface area contributed by atoms with Crippen molar-refractivity contribution in [2.45, 2.75) is 32.4 Å². The molecule has 1 aromatic carbocycles. The monoisotopic (exact) mass is 373 g/mol. The second-order valence-electron chi connectivity index (χ2n) is 6.23. The van der Waals surface area contributed by atoms with Crippen molar-refractivity contribution in [2.24, 2.45) is 5.73 Å². The van der Waals surface area contributed by atoms with Crippen molar-refractivity contribution in [1.82, 2.24) is 20.9 Å². The van der Waals surface area contributed by atoms with E-state index in [4.69, 9.17) is 5.73 Å². The molecule has 0 radical (unpaired) electrons. The molecule has 1 heterocycles. The van der Waals surface area contributed by atoms with E-state index in [1.54, 1.807) is 6.20 Å². The lowest BCUT2D eigenvalue weighted by molar-refractivity contribution is -0.131. The summed E-state index contributed by atoms with van der Waals surface area (Å²) in [5.74, 6) is -2.09. The maximum absolute atomic E-state index is 12.6. The normalized spacial score (nSPS) is 12.8. The van der Waals surface area contributed by atoms with Gasteiger partial charge in [0.15, 0.2) is 0 Å². The molecule has 9 nitrogen and oxygen atoms in total. The molecule has 0 aliphatic heterocycles. The van der Waals surface area contributed by atoms with Crippen molar-refractivity contribution < 1.29 is 19.2 Å². The van der Waals surface area contributed by atoms with Gasteiger partial charge in [0.05, 0.1) is 6.54 Å². The number of aromatic nitrogens is 1. The zero-order chi connectivity index (χ0) is 20.0. The molecule has 9 heteroatoms. The molecule has 0 aliphatic rings. The number of hydrogen-bond acceptors (Lipinski definition) is 4. The minimum absolute atomic E-state index is 0.255. The van der Waals surface area contributed by atoms with Crippen LogP contribution < -0.4 is 21.7 Å². The van der Waals surface area contributed by atoms with Gasteiger partial charge in [-0.15, -0.1) is 0 Å². The summed E-state index contributed by atoms with van der Waals surface area (Å²) >= 11 is 0. The minimum Gasteiger partial charge on any atom is -0.368 e. The van der Waals surface area contributed by atoms with Crippen LogP contribution in [0.3, 0.4) is 0 Å². The predicted molar refractivity (Wildman–Crippen MR) is 99.4 cm³/mol. The molecule has 0 aliphatic carbocycles. The molecule has 2 atom stereocenters. The number of nitrogens with two attached hydrogens (primary N) is 1. The van der Waals surface area contributed by atoms with Gasteiger partial charge in [0.1, 0.15) is 12.1 Å². The molecule has 144 valence electrons. The largest absolute Gasteiger partial charge is 0.368 e. The first-order valence-electron chi connectivity index (χ1n) is 8.46. The zero-order valence-corrected chi connectivity index (χ0v) is 15.2. The summed E-state index contributed by atoms with van der Waals surface area (Å²) < 4.78 is 0. The third kappa shape index (κ3) is 5.56. The highest BCUT2D eigenvalue weighted by Gasteiger charge is 2.24. The standard InChI is InChI=1S/C18H23N5O4/c1-10(17(26)21-9-16(19)25)22-18(27)15(23-11(2)24)7-12-8-20-14-6-4-3-5-13(12)14/h3-6,8,10,15,20H,7,9H2,1-2H3,(H2,19,25)(H,21,26)(H,22,27)(H,23,24)/t10-,15-/m0/s1. The summed E-state index contributed by atoms with van der Waals surface area (Å²) in [6.45, 7) is 2.48. The highest BCUT2D eigenvalue weighted by Crippen LogP contribution is 2.19.